The quantitative estimate of drug-likeness (QED) is 0.741. The van der Waals surface area contributed by atoms with E-state index in [0.717, 1.165) is 16.8 Å². The summed E-state index contributed by atoms with van der Waals surface area (Å²) in [7, 11) is -2.19. The van der Waals surface area contributed by atoms with E-state index in [1.54, 1.807) is 12.1 Å². The molecule has 0 spiro atoms. The van der Waals surface area contributed by atoms with Crippen LogP contribution in [-0.4, -0.2) is 34.6 Å². The predicted molar refractivity (Wildman–Crippen MR) is 97.4 cm³/mol. The Labute approximate surface area is 148 Å². The monoisotopic (exact) mass is 362 g/mol. The van der Waals surface area contributed by atoms with Crippen LogP contribution in [0.15, 0.2) is 47.4 Å². The standard InChI is InChI=1S/C18H22N2O4S/c1-13-6-4-7-14(2)17(13)20-18(21)15-8-5-9-16(12-15)25(22,23)19-10-11-24-3/h4-9,12,19H,10-11H2,1-3H3,(H,20,21). The normalized spacial score (nSPS) is 11.3. The second-order valence-corrected chi connectivity index (χ2v) is 7.41. The molecule has 0 saturated carbocycles. The van der Waals surface area contributed by atoms with Crippen molar-refractivity contribution in [2.45, 2.75) is 18.7 Å². The van der Waals surface area contributed by atoms with Crippen LogP contribution in [0.3, 0.4) is 0 Å². The molecule has 0 radical (unpaired) electrons. The molecule has 6 nitrogen and oxygen atoms in total. The number of carbonyl (C=O) groups is 1. The number of ether oxygens (including phenoxy) is 1. The van der Waals surface area contributed by atoms with E-state index in [0.29, 0.717) is 0 Å². The zero-order valence-electron chi connectivity index (χ0n) is 14.5. The second-order valence-electron chi connectivity index (χ2n) is 5.64. The molecule has 2 rings (SSSR count). The molecule has 1 amide bonds. The zero-order valence-corrected chi connectivity index (χ0v) is 15.3. The Morgan fingerprint density at radius 3 is 2.36 bits per heavy atom. The van der Waals surface area contributed by atoms with Crippen molar-refractivity contribution in [3.63, 3.8) is 0 Å². The third-order valence-corrected chi connectivity index (χ3v) is 5.18. The minimum atomic E-state index is -3.69. The maximum atomic E-state index is 12.5. The first-order valence-corrected chi connectivity index (χ1v) is 9.29. The summed E-state index contributed by atoms with van der Waals surface area (Å²) in [4.78, 5) is 12.6. The van der Waals surface area contributed by atoms with E-state index in [1.807, 2.05) is 32.0 Å². The Balaban J connectivity index is 2.22. The predicted octanol–water partition coefficient (Wildman–Crippen LogP) is 2.48. The van der Waals surface area contributed by atoms with Crippen LogP contribution in [0.5, 0.6) is 0 Å². The summed E-state index contributed by atoms with van der Waals surface area (Å²) >= 11 is 0. The van der Waals surface area contributed by atoms with Crippen LogP contribution in [0.2, 0.25) is 0 Å². The van der Waals surface area contributed by atoms with Crippen molar-refractivity contribution < 1.29 is 17.9 Å². The summed E-state index contributed by atoms with van der Waals surface area (Å²) in [5.74, 6) is -0.355. The van der Waals surface area contributed by atoms with Crippen molar-refractivity contribution in [2.24, 2.45) is 0 Å². The Bertz CT molecular complexity index is 843. The minimum Gasteiger partial charge on any atom is -0.383 e. The summed E-state index contributed by atoms with van der Waals surface area (Å²) in [6, 6.07) is 11.7. The van der Waals surface area contributed by atoms with E-state index in [4.69, 9.17) is 4.74 Å². The van der Waals surface area contributed by atoms with Crippen LogP contribution in [0, 0.1) is 13.8 Å². The number of sulfonamides is 1. The highest BCUT2D eigenvalue weighted by atomic mass is 32.2. The third kappa shape index (κ3) is 4.88. The molecule has 7 heteroatoms. The molecular formula is C18H22N2O4S. The van der Waals surface area contributed by atoms with Crippen molar-refractivity contribution in [3.8, 4) is 0 Å². The van der Waals surface area contributed by atoms with Gasteiger partial charge in [0.15, 0.2) is 0 Å². The third-order valence-electron chi connectivity index (χ3n) is 3.72. The summed E-state index contributed by atoms with van der Waals surface area (Å²) in [6.07, 6.45) is 0. The lowest BCUT2D eigenvalue weighted by molar-refractivity contribution is 0.102. The average molecular weight is 362 g/mol. The van der Waals surface area contributed by atoms with Gasteiger partial charge in [0.2, 0.25) is 10.0 Å². The minimum absolute atomic E-state index is 0.0396. The van der Waals surface area contributed by atoms with Crippen molar-refractivity contribution >= 4 is 21.6 Å². The highest BCUT2D eigenvalue weighted by molar-refractivity contribution is 7.89. The molecule has 2 N–H and O–H groups in total. The average Bonchev–Trinajstić information content (AvgIpc) is 2.58. The van der Waals surface area contributed by atoms with Gasteiger partial charge >= 0.3 is 0 Å². The van der Waals surface area contributed by atoms with E-state index in [-0.39, 0.29) is 29.5 Å². The molecule has 134 valence electrons. The molecule has 0 fully saturated rings. The number of carbonyl (C=O) groups excluding carboxylic acids is 1. The fraction of sp³-hybridized carbons (Fsp3) is 0.278. The molecule has 0 bridgehead atoms. The van der Waals surface area contributed by atoms with Gasteiger partial charge in [0, 0.05) is 24.9 Å². The molecule has 0 heterocycles. The van der Waals surface area contributed by atoms with Crippen LogP contribution in [0.1, 0.15) is 21.5 Å². The molecule has 25 heavy (non-hydrogen) atoms. The molecule has 2 aromatic rings. The van der Waals surface area contributed by atoms with E-state index in [1.165, 1.54) is 19.2 Å². The van der Waals surface area contributed by atoms with Crippen LogP contribution >= 0.6 is 0 Å². The number of para-hydroxylation sites is 1. The number of nitrogens with one attached hydrogen (secondary N) is 2. The van der Waals surface area contributed by atoms with E-state index >= 15 is 0 Å². The Kier molecular flexibility index (Phi) is 6.30. The smallest absolute Gasteiger partial charge is 0.255 e. The van der Waals surface area contributed by atoms with Gasteiger partial charge in [0.1, 0.15) is 0 Å². The first-order valence-electron chi connectivity index (χ1n) is 7.81. The van der Waals surface area contributed by atoms with Crippen molar-refractivity contribution in [2.75, 3.05) is 25.6 Å². The summed E-state index contributed by atoms with van der Waals surface area (Å²) in [5, 5.41) is 2.85. The largest absolute Gasteiger partial charge is 0.383 e. The Morgan fingerprint density at radius 2 is 1.72 bits per heavy atom. The molecule has 2 aromatic carbocycles. The number of amides is 1. The number of anilines is 1. The van der Waals surface area contributed by atoms with Crippen molar-refractivity contribution in [1.82, 2.24) is 4.72 Å². The van der Waals surface area contributed by atoms with Crippen LogP contribution in [0.25, 0.3) is 0 Å². The summed E-state index contributed by atoms with van der Waals surface area (Å²) in [5.41, 5.74) is 2.90. The van der Waals surface area contributed by atoms with E-state index < -0.39 is 10.0 Å². The number of rotatable bonds is 7. The molecule has 0 saturated heterocycles. The molecule has 0 aromatic heterocycles. The molecule has 0 aliphatic rings. The van der Waals surface area contributed by atoms with Crippen LogP contribution in [0.4, 0.5) is 5.69 Å². The second kappa shape index (κ2) is 8.24. The van der Waals surface area contributed by atoms with Gasteiger partial charge in [-0.15, -0.1) is 0 Å². The van der Waals surface area contributed by atoms with Gasteiger partial charge in [-0.2, -0.15) is 0 Å². The van der Waals surface area contributed by atoms with E-state index in [9.17, 15) is 13.2 Å². The van der Waals surface area contributed by atoms with Gasteiger partial charge in [0.05, 0.1) is 11.5 Å². The maximum absolute atomic E-state index is 12.5. The van der Waals surface area contributed by atoms with E-state index in [2.05, 4.69) is 10.0 Å². The number of aryl methyl sites for hydroxylation is 2. The maximum Gasteiger partial charge on any atom is 0.255 e. The number of benzene rings is 2. The fourth-order valence-electron chi connectivity index (χ4n) is 2.36. The first-order chi connectivity index (χ1) is 11.8. The lowest BCUT2D eigenvalue weighted by Crippen LogP contribution is -2.27. The highest BCUT2D eigenvalue weighted by Crippen LogP contribution is 2.21. The molecule has 0 aliphatic carbocycles. The van der Waals surface area contributed by atoms with Gasteiger partial charge in [-0.05, 0) is 43.2 Å². The number of hydrogen-bond donors (Lipinski definition) is 2. The Morgan fingerprint density at radius 1 is 1.08 bits per heavy atom. The molecule has 0 unspecified atom stereocenters. The molecular weight excluding hydrogens is 340 g/mol. The first kappa shape index (κ1) is 19.1. The fourth-order valence-corrected chi connectivity index (χ4v) is 3.42. The highest BCUT2D eigenvalue weighted by Gasteiger charge is 2.16. The lowest BCUT2D eigenvalue weighted by atomic mass is 10.1. The topological polar surface area (TPSA) is 84.5 Å². The van der Waals surface area contributed by atoms with Gasteiger partial charge < -0.3 is 10.1 Å². The van der Waals surface area contributed by atoms with Gasteiger partial charge in [-0.1, -0.05) is 24.3 Å². The number of hydrogen-bond acceptors (Lipinski definition) is 4. The lowest BCUT2D eigenvalue weighted by Gasteiger charge is -2.12. The van der Waals surface area contributed by atoms with Crippen LogP contribution in [-0.2, 0) is 14.8 Å². The van der Waals surface area contributed by atoms with Crippen molar-refractivity contribution in [3.05, 3.63) is 59.2 Å². The Hall–Kier alpha value is -2.22. The van der Waals surface area contributed by atoms with Crippen LogP contribution < -0.4 is 10.0 Å². The zero-order chi connectivity index (χ0) is 18.4. The SMILES string of the molecule is COCCNS(=O)(=O)c1cccc(C(=O)Nc2c(C)cccc2C)c1. The summed E-state index contributed by atoms with van der Waals surface area (Å²) in [6.45, 7) is 4.25. The van der Waals surface area contributed by atoms with Gasteiger partial charge in [0.25, 0.3) is 5.91 Å². The van der Waals surface area contributed by atoms with Crippen molar-refractivity contribution in [1.29, 1.82) is 0 Å². The summed E-state index contributed by atoms with van der Waals surface area (Å²) < 4.78 is 31.8. The number of methoxy groups -OCH3 is 1. The molecule has 0 atom stereocenters. The molecule has 0 aliphatic heterocycles. The van der Waals surface area contributed by atoms with Gasteiger partial charge in [-0.25, -0.2) is 13.1 Å². The van der Waals surface area contributed by atoms with Gasteiger partial charge in [-0.3, -0.25) is 4.79 Å².